The van der Waals surface area contributed by atoms with Crippen molar-refractivity contribution < 1.29 is 0 Å². The molecule has 0 heterocycles. The van der Waals surface area contributed by atoms with E-state index in [9.17, 15) is 4.91 Å². The van der Waals surface area contributed by atoms with Gasteiger partial charge in [-0.25, -0.2) is 0 Å². The minimum atomic E-state index is 0. The highest BCUT2D eigenvalue weighted by Gasteiger charge is 1.88. The van der Waals surface area contributed by atoms with Crippen LogP contribution in [0.1, 0.15) is 0 Å². The molecule has 0 atom stereocenters. The molecule has 3 nitrogen and oxygen atoms in total. The number of benzene rings is 1. The average Bonchev–Trinajstić information content (AvgIpc) is 2.05. The van der Waals surface area contributed by atoms with E-state index in [2.05, 4.69) is 10.5 Å². The lowest BCUT2D eigenvalue weighted by Crippen LogP contribution is -1.84. The number of hydrogen-bond acceptors (Lipinski definition) is 3. The second-order valence-corrected chi connectivity index (χ2v) is 1.89. The molecule has 0 saturated heterocycles. The van der Waals surface area contributed by atoms with Crippen LogP contribution in [0.5, 0.6) is 0 Å². The van der Waals surface area contributed by atoms with Crippen molar-refractivity contribution in [2.45, 2.75) is 0 Å². The number of nitrogens with one attached hydrogen (secondary N) is 1. The summed E-state index contributed by atoms with van der Waals surface area (Å²) in [4.78, 5) is 9.94. The summed E-state index contributed by atoms with van der Waals surface area (Å²) >= 11 is 0. The van der Waals surface area contributed by atoms with Crippen LogP contribution in [0.3, 0.4) is 0 Å². The zero-order valence-electron chi connectivity index (χ0n) is 6.07. The zero-order valence-corrected chi connectivity index (χ0v) is 6.89. The Labute approximate surface area is 71.2 Å². The molecule has 0 fully saturated rings. The van der Waals surface area contributed by atoms with Crippen molar-refractivity contribution in [3.8, 4) is 0 Å². The molecule has 1 N–H and O–H groups in total. The predicted molar refractivity (Wildman–Crippen MR) is 48.7 cm³/mol. The summed E-state index contributed by atoms with van der Waals surface area (Å²) in [5.41, 5.74) is 1.44. The lowest BCUT2D eigenvalue weighted by Gasteiger charge is -1.96. The summed E-state index contributed by atoms with van der Waals surface area (Å²) in [5, 5.41) is 5.70. The zero-order chi connectivity index (χ0) is 7.40. The maximum absolute atomic E-state index is 9.94. The third-order valence-electron chi connectivity index (χ3n) is 1.26. The van der Waals surface area contributed by atoms with Gasteiger partial charge in [0, 0.05) is 12.7 Å². The normalized spacial score (nSPS) is 8.09. The lowest BCUT2D eigenvalue weighted by molar-refractivity contribution is 1.46. The maximum Gasteiger partial charge on any atom is 0.108 e. The second-order valence-electron chi connectivity index (χ2n) is 1.89. The Balaban J connectivity index is 0.000001000. The molecule has 60 valence electrons. The Morgan fingerprint density at radius 1 is 1.27 bits per heavy atom. The first-order valence-corrected chi connectivity index (χ1v) is 2.98. The fourth-order valence-electron chi connectivity index (χ4n) is 0.689. The molecule has 11 heavy (non-hydrogen) atoms. The molecule has 0 aromatic heterocycles. The summed E-state index contributed by atoms with van der Waals surface area (Å²) < 4.78 is 0. The molecule has 0 spiro atoms. The van der Waals surface area contributed by atoms with E-state index in [0.717, 1.165) is 5.69 Å². The Kier molecular flexibility index (Phi) is 4.22. The first kappa shape index (κ1) is 9.91. The first-order chi connectivity index (χ1) is 4.86. The third kappa shape index (κ3) is 2.55. The number of nitroso groups, excluding NO2 is 1. The summed E-state index contributed by atoms with van der Waals surface area (Å²) in [5.74, 6) is 0. The Morgan fingerprint density at radius 3 is 2.18 bits per heavy atom. The maximum atomic E-state index is 9.94. The second kappa shape index (κ2) is 4.68. The molecule has 0 saturated carbocycles. The summed E-state index contributed by atoms with van der Waals surface area (Å²) in [6.45, 7) is 0. The van der Waals surface area contributed by atoms with Gasteiger partial charge in [-0.15, -0.1) is 17.3 Å². The van der Waals surface area contributed by atoms with Gasteiger partial charge in [0.05, 0.1) is 0 Å². The third-order valence-corrected chi connectivity index (χ3v) is 1.26. The van der Waals surface area contributed by atoms with Gasteiger partial charge < -0.3 is 5.32 Å². The van der Waals surface area contributed by atoms with Crippen LogP contribution in [-0.2, 0) is 0 Å². The average molecular weight is 173 g/mol. The molecule has 0 unspecified atom stereocenters. The highest BCUT2D eigenvalue weighted by atomic mass is 35.5. The largest absolute Gasteiger partial charge is 0.388 e. The van der Waals surface area contributed by atoms with E-state index in [4.69, 9.17) is 0 Å². The topological polar surface area (TPSA) is 41.5 Å². The van der Waals surface area contributed by atoms with Crippen LogP contribution < -0.4 is 5.32 Å². The van der Waals surface area contributed by atoms with Gasteiger partial charge in [0.2, 0.25) is 0 Å². The van der Waals surface area contributed by atoms with E-state index in [0.29, 0.717) is 5.69 Å². The molecule has 0 amide bonds. The van der Waals surface area contributed by atoms with Crippen molar-refractivity contribution in [3.63, 3.8) is 0 Å². The SMILES string of the molecule is CNc1ccc(N=O)cc1.Cl. The van der Waals surface area contributed by atoms with Crippen LogP contribution in [0.25, 0.3) is 0 Å². The van der Waals surface area contributed by atoms with E-state index in [1.165, 1.54) is 0 Å². The van der Waals surface area contributed by atoms with Crippen molar-refractivity contribution in [2.75, 3.05) is 12.4 Å². The minimum Gasteiger partial charge on any atom is -0.388 e. The van der Waals surface area contributed by atoms with Crippen LogP contribution in [0.2, 0.25) is 0 Å². The van der Waals surface area contributed by atoms with Gasteiger partial charge in [0.15, 0.2) is 0 Å². The fraction of sp³-hybridized carbons (Fsp3) is 0.143. The fourth-order valence-corrected chi connectivity index (χ4v) is 0.689. The molecule has 1 aromatic carbocycles. The summed E-state index contributed by atoms with van der Waals surface area (Å²) in [7, 11) is 1.82. The number of rotatable bonds is 2. The number of anilines is 1. The van der Waals surface area contributed by atoms with Gasteiger partial charge >= 0.3 is 0 Å². The lowest BCUT2D eigenvalue weighted by atomic mass is 10.3. The number of hydrogen-bond donors (Lipinski definition) is 1. The first-order valence-electron chi connectivity index (χ1n) is 2.98. The molecule has 1 rings (SSSR count). The van der Waals surface area contributed by atoms with E-state index >= 15 is 0 Å². The molecule has 0 bridgehead atoms. The van der Waals surface area contributed by atoms with Crippen molar-refractivity contribution in [2.24, 2.45) is 5.18 Å². The highest BCUT2D eigenvalue weighted by Crippen LogP contribution is 2.14. The monoisotopic (exact) mass is 172 g/mol. The van der Waals surface area contributed by atoms with Crippen LogP contribution >= 0.6 is 12.4 Å². The standard InChI is InChI=1S/C7H8N2O.ClH/c1-8-6-2-4-7(9-10)5-3-6;/h2-5,8H,1H3;1H. The van der Waals surface area contributed by atoms with Gasteiger partial charge in [-0.1, -0.05) is 0 Å². The van der Waals surface area contributed by atoms with Crippen molar-refractivity contribution >= 4 is 23.8 Å². The minimum absolute atomic E-state index is 0. The van der Waals surface area contributed by atoms with Gasteiger partial charge in [-0.05, 0) is 29.4 Å². The predicted octanol–water partition coefficient (Wildman–Crippen LogP) is 2.55. The quantitative estimate of drug-likeness (QED) is 0.697. The van der Waals surface area contributed by atoms with Crippen molar-refractivity contribution in [1.29, 1.82) is 0 Å². The highest BCUT2D eigenvalue weighted by molar-refractivity contribution is 5.85. The molecular formula is C7H9ClN2O. The van der Waals surface area contributed by atoms with Gasteiger partial charge in [0.25, 0.3) is 0 Å². The van der Waals surface area contributed by atoms with Crippen LogP contribution in [0.15, 0.2) is 29.4 Å². The number of halogens is 1. The molecule has 0 aliphatic carbocycles. The van der Waals surface area contributed by atoms with E-state index in [1.54, 1.807) is 24.3 Å². The van der Waals surface area contributed by atoms with Gasteiger partial charge in [-0.2, -0.15) is 0 Å². The molecule has 4 heteroatoms. The Morgan fingerprint density at radius 2 is 1.82 bits per heavy atom. The molecular weight excluding hydrogens is 164 g/mol. The van der Waals surface area contributed by atoms with Crippen LogP contribution in [-0.4, -0.2) is 7.05 Å². The Hall–Kier alpha value is -1.09. The molecule has 0 radical (unpaired) electrons. The van der Waals surface area contributed by atoms with E-state index < -0.39 is 0 Å². The van der Waals surface area contributed by atoms with Crippen LogP contribution in [0.4, 0.5) is 11.4 Å². The Bertz CT molecular complexity index is 222. The van der Waals surface area contributed by atoms with Gasteiger partial charge in [-0.3, -0.25) is 0 Å². The smallest absolute Gasteiger partial charge is 0.108 e. The van der Waals surface area contributed by atoms with E-state index in [-0.39, 0.29) is 12.4 Å². The van der Waals surface area contributed by atoms with Crippen LogP contribution in [0, 0.1) is 4.91 Å². The number of nitrogens with zero attached hydrogens (tertiary/aromatic N) is 1. The van der Waals surface area contributed by atoms with Crippen molar-refractivity contribution in [3.05, 3.63) is 29.2 Å². The van der Waals surface area contributed by atoms with E-state index in [1.807, 2.05) is 7.05 Å². The molecule has 0 aliphatic heterocycles. The van der Waals surface area contributed by atoms with Crippen molar-refractivity contribution in [1.82, 2.24) is 0 Å². The summed E-state index contributed by atoms with van der Waals surface area (Å²) in [6.07, 6.45) is 0. The molecule has 1 aromatic rings. The molecule has 0 aliphatic rings. The van der Waals surface area contributed by atoms with Gasteiger partial charge in [0.1, 0.15) is 5.69 Å². The summed E-state index contributed by atoms with van der Waals surface area (Å²) in [6, 6.07) is 6.94.